The molecule has 2 heteroatoms. The number of hydrogen-bond donors (Lipinski definition) is 0. The molecule has 2 nitrogen and oxygen atoms in total. The van der Waals surface area contributed by atoms with Crippen LogP contribution in [0.1, 0.15) is 36.5 Å². The van der Waals surface area contributed by atoms with Gasteiger partial charge in [-0.05, 0) is 37.1 Å². The average molecular weight is 319 g/mol. The molecule has 0 N–H and O–H groups in total. The molecule has 1 aliphatic heterocycles. The van der Waals surface area contributed by atoms with E-state index in [1.807, 2.05) is 12.1 Å². The van der Waals surface area contributed by atoms with E-state index in [4.69, 9.17) is 4.74 Å². The number of piperidine rings is 1. The lowest BCUT2D eigenvalue weighted by molar-refractivity contribution is 0.108. The number of likely N-dealkylation sites (tertiary alicyclic amines) is 1. The maximum absolute atomic E-state index is 6.11. The molecule has 1 heterocycles. The van der Waals surface area contributed by atoms with Crippen LogP contribution < -0.4 is 0 Å². The summed E-state index contributed by atoms with van der Waals surface area (Å²) in [6.45, 7) is 3.70. The van der Waals surface area contributed by atoms with E-state index in [0.29, 0.717) is 6.61 Å². The maximum Gasteiger partial charge on any atom is 0.109 e. The molecule has 2 aromatic carbocycles. The van der Waals surface area contributed by atoms with E-state index in [1.165, 1.54) is 43.5 Å². The second kappa shape index (κ2) is 9.27. The van der Waals surface area contributed by atoms with Crippen molar-refractivity contribution in [1.29, 1.82) is 0 Å². The Balaban J connectivity index is 1.59. The Bertz CT molecular complexity index is 611. The number of rotatable bonds is 5. The third-order valence-corrected chi connectivity index (χ3v) is 4.40. The second-order valence-corrected chi connectivity index (χ2v) is 6.20. The highest BCUT2D eigenvalue weighted by molar-refractivity contribution is 5.30. The van der Waals surface area contributed by atoms with Crippen LogP contribution in [-0.2, 0) is 4.74 Å². The number of ether oxygens (including phenoxy) is 1. The van der Waals surface area contributed by atoms with Gasteiger partial charge in [-0.3, -0.25) is 4.90 Å². The molecular weight excluding hydrogens is 294 g/mol. The van der Waals surface area contributed by atoms with Gasteiger partial charge in [-0.15, -0.1) is 0 Å². The summed E-state index contributed by atoms with van der Waals surface area (Å²) in [5, 5.41) is 0. The topological polar surface area (TPSA) is 12.5 Å². The van der Waals surface area contributed by atoms with Gasteiger partial charge in [0.15, 0.2) is 0 Å². The van der Waals surface area contributed by atoms with Gasteiger partial charge in [-0.25, -0.2) is 0 Å². The van der Waals surface area contributed by atoms with Crippen LogP contribution in [0.25, 0.3) is 0 Å². The summed E-state index contributed by atoms with van der Waals surface area (Å²) < 4.78 is 6.11. The molecule has 124 valence electrons. The molecular formula is C22H25NO. The van der Waals surface area contributed by atoms with E-state index in [0.717, 1.165) is 6.54 Å². The summed E-state index contributed by atoms with van der Waals surface area (Å²) in [6.07, 6.45) is 3.92. The molecule has 0 radical (unpaired) electrons. The van der Waals surface area contributed by atoms with Gasteiger partial charge in [0, 0.05) is 0 Å². The van der Waals surface area contributed by atoms with Gasteiger partial charge in [0.05, 0.1) is 6.54 Å². The Morgan fingerprint density at radius 3 is 1.96 bits per heavy atom. The molecule has 1 saturated heterocycles. The molecule has 0 unspecified atom stereocenters. The monoisotopic (exact) mass is 319 g/mol. The van der Waals surface area contributed by atoms with Crippen molar-refractivity contribution in [2.75, 3.05) is 26.2 Å². The fourth-order valence-corrected chi connectivity index (χ4v) is 3.10. The number of hydrogen-bond acceptors (Lipinski definition) is 2. The van der Waals surface area contributed by atoms with Crippen molar-refractivity contribution in [3.63, 3.8) is 0 Å². The van der Waals surface area contributed by atoms with E-state index < -0.39 is 0 Å². The summed E-state index contributed by atoms with van der Waals surface area (Å²) in [5.41, 5.74) is 2.34. The Morgan fingerprint density at radius 2 is 1.38 bits per heavy atom. The molecule has 0 aromatic heterocycles. The summed E-state index contributed by atoms with van der Waals surface area (Å²) in [6, 6.07) is 20.7. The van der Waals surface area contributed by atoms with E-state index >= 15 is 0 Å². The highest BCUT2D eigenvalue weighted by Gasteiger charge is 2.13. The van der Waals surface area contributed by atoms with Crippen molar-refractivity contribution in [1.82, 2.24) is 4.90 Å². The van der Waals surface area contributed by atoms with Crippen molar-refractivity contribution in [3.05, 3.63) is 71.8 Å². The predicted octanol–water partition coefficient (Wildman–Crippen LogP) is 4.28. The van der Waals surface area contributed by atoms with Crippen molar-refractivity contribution in [3.8, 4) is 11.8 Å². The van der Waals surface area contributed by atoms with Crippen molar-refractivity contribution >= 4 is 0 Å². The third-order valence-electron chi connectivity index (χ3n) is 4.40. The van der Waals surface area contributed by atoms with Gasteiger partial charge >= 0.3 is 0 Å². The minimum absolute atomic E-state index is 0.0586. The summed E-state index contributed by atoms with van der Waals surface area (Å²) >= 11 is 0. The highest BCUT2D eigenvalue weighted by atomic mass is 16.5. The van der Waals surface area contributed by atoms with Gasteiger partial charge in [0.1, 0.15) is 12.7 Å². The normalized spacial score (nSPS) is 15.0. The smallest absolute Gasteiger partial charge is 0.109 e. The largest absolute Gasteiger partial charge is 0.356 e. The van der Waals surface area contributed by atoms with E-state index in [-0.39, 0.29) is 6.10 Å². The average Bonchev–Trinajstić information content (AvgIpc) is 2.67. The first-order valence-corrected chi connectivity index (χ1v) is 8.83. The molecule has 0 amide bonds. The Labute approximate surface area is 145 Å². The predicted molar refractivity (Wildman–Crippen MR) is 98.7 cm³/mol. The first-order valence-electron chi connectivity index (χ1n) is 8.83. The molecule has 0 atom stereocenters. The molecule has 1 aliphatic rings. The number of nitrogens with zero attached hydrogens (tertiary/aromatic N) is 1. The van der Waals surface area contributed by atoms with Crippen LogP contribution in [0.5, 0.6) is 0 Å². The minimum atomic E-state index is -0.0586. The SMILES string of the molecule is C(#CCN1CCCCC1)COC(c1ccccc1)c1ccccc1. The molecule has 3 rings (SSSR count). The highest BCUT2D eigenvalue weighted by Crippen LogP contribution is 2.25. The lowest BCUT2D eigenvalue weighted by Crippen LogP contribution is -2.29. The van der Waals surface area contributed by atoms with Crippen LogP contribution in [0.3, 0.4) is 0 Å². The summed E-state index contributed by atoms with van der Waals surface area (Å²) in [5.74, 6) is 6.45. The molecule has 2 aromatic rings. The van der Waals surface area contributed by atoms with Crippen molar-refractivity contribution in [2.45, 2.75) is 25.4 Å². The zero-order chi connectivity index (χ0) is 16.5. The fourth-order valence-electron chi connectivity index (χ4n) is 3.10. The van der Waals surface area contributed by atoms with E-state index in [1.54, 1.807) is 0 Å². The zero-order valence-corrected chi connectivity index (χ0v) is 14.2. The third kappa shape index (κ3) is 4.96. The van der Waals surface area contributed by atoms with Gasteiger partial charge in [-0.2, -0.15) is 0 Å². The standard InChI is InChI=1S/C22H25NO/c1-4-12-20(13-5-1)22(21-14-6-2-7-15-21)24-19-11-10-18-23-16-8-3-9-17-23/h1-2,4-7,12-15,22H,3,8-9,16-19H2. The molecule has 0 saturated carbocycles. The number of benzene rings is 2. The van der Waals surface area contributed by atoms with E-state index in [2.05, 4.69) is 65.3 Å². The van der Waals surface area contributed by atoms with E-state index in [9.17, 15) is 0 Å². The summed E-state index contributed by atoms with van der Waals surface area (Å²) in [4.78, 5) is 2.43. The minimum Gasteiger partial charge on any atom is -0.356 e. The molecule has 1 fully saturated rings. The Kier molecular flexibility index (Phi) is 6.48. The molecule has 24 heavy (non-hydrogen) atoms. The Hall–Kier alpha value is -2.08. The zero-order valence-electron chi connectivity index (χ0n) is 14.2. The quantitative estimate of drug-likeness (QED) is 0.763. The lowest BCUT2D eigenvalue weighted by Gasteiger charge is -2.23. The van der Waals surface area contributed by atoms with Crippen LogP contribution in [0.4, 0.5) is 0 Å². The van der Waals surface area contributed by atoms with Crippen molar-refractivity contribution < 1.29 is 4.74 Å². The molecule has 0 spiro atoms. The lowest BCUT2D eigenvalue weighted by atomic mass is 10.0. The van der Waals surface area contributed by atoms with Crippen LogP contribution in [0.2, 0.25) is 0 Å². The Morgan fingerprint density at radius 1 is 0.792 bits per heavy atom. The first-order chi connectivity index (χ1) is 11.9. The summed E-state index contributed by atoms with van der Waals surface area (Å²) in [7, 11) is 0. The van der Waals surface area contributed by atoms with Gasteiger partial charge in [0.2, 0.25) is 0 Å². The fraction of sp³-hybridized carbons (Fsp3) is 0.364. The molecule has 0 aliphatic carbocycles. The maximum atomic E-state index is 6.11. The van der Waals surface area contributed by atoms with Gasteiger partial charge in [0.25, 0.3) is 0 Å². The van der Waals surface area contributed by atoms with Crippen LogP contribution in [0, 0.1) is 11.8 Å². The van der Waals surface area contributed by atoms with Crippen LogP contribution in [-0.4, -0.2) is 31.1 Å². The first kappa shape index (κ1) is 16.8. The van der Waals surface area contributed by atoms with Gasteiger partial charge in [-0.1, -0.05) is 78.9 Å². The second-order valence-electron chi connectivity index (χ2n) is 6.20. The van der Waals surface area contributed by atoms with Gasteiger partial charge < -0.3 is 4.74 Å². The molecule has 0 bridgehead atoms. The van der Waals surface area contributed by atoms with Crippen LogP contribution >= 0.6 is 0 Å². The van der Waals surface area contributed by atoms with Crippen LogP contribution in [0.15, 0.2) is 60.7 Å². The van der Waals surface area contributed by atoms with Crippen molar-refractivity contribution in [2.24, 2.45) is 0 Å².